The van der Waals surface area contributed by atoms with Crippen LogP contribution in [0, 0.1) is 5.92 Å². The smallest absolute Gasteiger partial charge is 0.416 e. The molecule has 3 amide bonds. The molecule has 0 bridgehead atoms. The number of nitrogens with one attached hydrogen (secondary N) is 2. The molecule has 0 saturated heterocycles. The monoisotopic (exact) mass is 537 g/mol. The Labute approximate surface area is 207 Å². The topological polar surface area (TPSA) is 106 Å². The van der Waals surface area contributed by atoms with E-state index in [0.717, 1.165) is 7.11 Å². The average Bonchev–Trinajstić information content (AvgIpc) is 3.18. The zero-order chi connectivity index (χ0) is 28.1. The predicted molar refractivity (Wildman–Crippen MR) is 118 cm³/mol. The van der Waals surface area contributed by atoms with E-state index in [1.165, 1.54) is 6.33 Å². The Balaban J connectivity index is 2.40. The number of aromatic nitrogens is 2. The summed E-state index contributed by atoms with van der Waals surface area (Å²) in [6, 6.07) is -2.29. The number of urea groups is 1. The van der Waals surface area contributed by atoms with E-state index in [-0.39, 0.29) is 24.8 Å². The Bertz CT molecular complexity index is 1100. The summed E-state index contributed by atoms with van der Waals surface area (Å²) in [6.07, 6.45) is -7.66. The molecule has 0 radical (unpaired) electrons. The molecule has 204 valence electrons. The minimum atomic E-state index is -5.13. The molecule has 0 saturated carbocycles. The van der Waals surface area contributed by atoms with Gasteiger partial charge in [-0.3, -0.25) is 4.79 Å². The molecule has 2 aromatic rings. The number of benzene rings is 1. The summed E-state index contributed by atoms with van der Waals surface area (Å²) < 4.78 is 85.2. The number of rotatable bonds is 7. The van der Waals surface area contributed by atoms with Crippen molar-refractivity contribution in [3.63, 3.8) is 0 Å². The first-order valence-electron chi connectivity index (χ1n) is 10.7. The van der Waals surface area contributed by atoms with Crippen LogP contribution in [-0.2, 0) is 40.1 Å². The van der Waals surface area contributed by atoms with E-state index in [1.54, 1.807) is 31.7 Å². The van der Waals surface area contributed by atoms with Crippen LogP contribution in [-0.4, -0.2) is 45.6 Å². The minimum Gasteiger partial charge on any atom is -0.467 e. The summed E-state index contributed by atoms with van der Waals surface area (Å²) in [5.41, 5.74) is -1.72. The van der Waals surface area contributed by atoms with Crippen LogP contribution < -0.4 is 10.7 Å². The number of halogens is 6. The molecular formula is C22H25F6N5O4. The van der Waals surface area contributed by atoms with Crippen molar-refractivity contribution in [1.82, 2.24) is 20.0 Å². The van der Waals surface area contributed by atoms with Crippen molar-refractivity contribution in [2.45, 2.75) is 45.1 Å². The number of hydrogen-bond acceptors (Lipinski definition) is 5. The van der Waals surface area contributed by atoms with Gasteiger partial charge in [-0.15, -0.1) is 0 Å². The second kappa shape index (κ2) is 11.5. The Morgan fingerprint density at radius 2 is 1.62 bits per heavy atom. The van der Waals surface area contributed by atoms with Gasteiger partial charge in [0.1, 0.15) is 0 Å². The van der Waals surface area contributed by atoms with Crippen molar-refractivity contribution in [3.05, 3.63) is 47.5 Å². The molecule has 0 aliphatic rings. The molecule has 2 N–H and O–H groups in total. The number of methoxy groups -OCH3 is 1. The number of esters is 1. The number of aryl methyl sites for hydroxylation is 1. The van der Waals surface area contributed by atoms with Gasteiger partial charge >= 0.3 is 24.4 Å². The maximum Gasteiger partial charge on any atom is 0.416 e. The first-order chi connectivity index (χ1) is 17.0. The number of nitrogens with zero attached hydrogens (tertiary/aromatic N) is 3. The van der Waals surface area contributed by atoms with Crippen LogP contribution in [0.3, 0.4) is 0 Å². The standard InChI is InChI=1S/C22H25F6N5O4/c1-12(2)5-18(34)33(17(19(35)37-4)9-16-10-32(3)11-29-16)31-20(36)30-15-7-13(21(23,24)25)6-14(8-15)22(26,27)28/h6-8,10-12,17H,5,9H2,1-4H3,(H2,30,31,36)/t17-/m0/s1. The number of anilines is 1. The normalized spacial score (nSPS) is 12.7. The molecule has 1 atom stereocenters. The number of imidazole rings is 1. The molecular weight excluding hydrogens is 512 g/mol. The molecule has 0 fully saturated rings. The van der Waals surface area contributed by atoms with E-state index in [1.807, 2.05) is 5.32 Å². The Kier molecular flexibility index (Phi) is 9.17. The summed E-state index contributed by atoms with van der Waals surface area (Å²) in [6.45, 7) is 3.37. The first kappa shape index (κ1) is 29.5. The van der Waals surface area contributed by atoms with E-state index < -0.39 is 53.1 Å². The van der Waals surface area contributed by atoms with Crippen LogP contribution in [0.5, 0.6) is 0 Å². The Morgan fingerprint density at radius 1 is 1.05 bits per heavy atom. The minimum absolute atomic E-state index is 0.0955. The zero-order valence-electron chi connectivity index (χ0n) is 20.2. The third-order valence-corrected chi connectivity index (χ3v) is 4.86. The first-order valence-corrected chi connectivity index (χ1v) is 10.7. The van der Waals surface area contributed by atoms with Gasteiger partial charge in [0.05, 0.1) is 30.3 Å². The lowest BCUT2D eigenvalue weighted by Crippen LogP contribution is -2.57. The average molecular weight is 537 g/mol. The lowest BCUT2D eigenvalue weighted by atomic mass is 10.1. The second-order valence-electron chi connectivity index (χ2n) is 8.50. The van der Waals surface area contributed by atoms with Gasteiger partial charge in [0.25, 0.3) is 0 Å². The number of amides is 3. The van der Waals surface area contributed by atoms with Crippen molar-refractivity contribution in [2.75, 3.05) is 12.4 Å². The van der Waals surface area contributed by atoms with Crippen molar-refractivity contribution >= 4 is 23.6 Å². The molecule has 2 rings (SSSR count). The maximum atomic E-state index is 13.1. The number of alkyl halides is 6. The van der Waals surface area contributed by atoms with Gasteiger partial charge in [0.2, 0.25) is 5.91 Å². The lowest BCUT2D eigenvalue weighted by molar-refractivity contribution is -0.155. The zero-order valence-corrected chi connectivity index (χ0v) is 20.2. The summed E-state index contributed by atoms with van der Waals surface area (Å²) in [5.74, 6) is -1.93. The van der Waals surface area contributed by atoms with E-state index >= 15 is 0 Å². The molecule has 1 aromatic heterocycles. The number of hydrogen-bond donors (Lipinski definition) is 2. The quantitative estimate of drug-likeness (QED) is 0.314. The summed E-state index contributed by atoms with van der Waals surface area (Å²) in [5, 5.41) is 2.50. The van der Waals surface area contributed by atoms with E-state index in [9.17, 15) is 40.7 Å². The number of hydrazine groups is 1. The van der Waals surface area contributed by atoms with Gasteiger partial charge < -0.3 is 14.6 Å². The third-order valence-electron chi connectivity index (χ3n) is 4.86. The van der Waals surface area contributed by atoms with Crippen LogP contribution >= 0.6 is 0 Å². The Hall–Kier alpha value is -3.78. The second-order valence-corrected chi connectivity index (χ2v) is 8.50. The fourth-order valence-electron chi connectivity index (χ4n) is 3.24. The molecule has 0 spiro atoms. The number of carbonyl (C=O) groups excluding carboxylic acids is 3. The van der Waals surface area contributed by atoms with E-state index in [2.05, 4.69) is 10.4 Å². The molecule has 0 unspecified atom stereocenters. The van der Waals surface area contributed by atoms with Crippen molar-refractivity contribution in [3.8, 4) is 0 Å². The van der Waals surface area contributed by atoms with Crippen LogP contribution in [0.15, 0.2) is 30.7 Å². The summed E-state index contributed by atoms with van der Waals surface area (Å²) in [4.78, 5) is 42.2. The molecule has 9 nitrogen and oxygen atoms in total. The van der Waals surface area contributed by atoms with E-state index in [4.69, 9.17) is 4.74 Å². The largest absolute Gasteiger partial charge is 0.467 e. The van der Waals surface area contributed by atoms with Crippen LogP contribution in [0.4, 0.5) is 36.8 Å². The van der Waals surface area contributed by atoms with Gasteiger partial charge in [-0.1, -0.05) is 13.8 Å². The highest BCUT2D eigenvalue weighted by Gasteiger charge is 2.38. The van der Waals surface area contributed by atoms with Crippen LogP contribution in [0.1, 0.15) is 37.1 Å². The molecule has 1 aromatic carbocycles. The van der Waals surface area contributed by atoms with Crippen molar-refractivity contribution in [2.24, 2.45) is 13.0 Å². The van der Waals surface area contributed by atoms with Crippen LogP contribution in [0.2, 0.25) is 0 Å². The van der Waals surface area contributed by atoms with Gasteiger partial charge in [-0.25, -0.2) is 25.0 Å². The molecule has 0 aliphatic heterocycles. The maximum absolute atomic E-state index is 13.1. The summed E-state index contributed by atoms with van der Waals surface area (Å²) >= 11 is 0. The van der Waals surface area contributed by atoms with Gasteiger partial charge in [0, 0.05) is 31.8 Å². The molecule has 15 heteroatoms. The SMILES string of the molecule is COC(=O)[C@H](Cc1cn(C)cn1)N(NC(=O)Nc1cc(C(F)(F)F)cc(C(F)(F)F)c1)C(=O)CC(C)C. The van der Waals surface area contributed by atoms with Gasteiger partial charge in [-0.05, 0) is 24.1 Å². The Morgan fingerprint density at radius 3 is 2.05 bits per heavy atom. The number of ether oxygens (including phenoxy) is 1. The van der Waals surface area contributed by atoms with Crippen molar-refractivity contribution < 1.29 is 45.5 Å². The summed E-state index contributed by atoms with van der Waals surface area (Å²) in [7, 11) is 2.70. The fourth-order valence-corrected chi connectivity index (χ4v) is 3.24. The highest BCUT2D eigenvalue weighted by molar-refractivity contribution is 5.93. The third kappa shape index (κ3) is 8.39. The highest BCUT2D eigenvalue weighted by Crippen LogP contribution is 2.37. The van der Waals surface area contributed by atoms with Crippen molar-refractivity contribution in [1.29, 1.82) is 0 Å². The molecule has 1 heterocycles. The van der Waals surface area contributed by atoms with Gasteiger partial charge in [-0.2, -0.15) is 26.3 Å². The predicted octanol–water partition coefficient (Wildman–Crippen LogP) is 4.15. The number of carbonyl (C=O) groups is 3. The lowest BCUT2D eigenvalue weighted by Gasteiger charge is -2.30. The van der Waals surface area contributed by atoms with Gasteiger partial charge in [0.15, 0.2) is 6.04 Å². The van der Waals surface area contributed by atoms with Crippen LogP contribution in [0.25, 0.3) is 0 Å². The molecule has 0 aliphatic carbocycles. The highest BCUT2D eigenvalue weighted by atomic mass is 19.4. The molecule has 37 heavy (non-hydrogen) atoms. The fraction of sp³-hybridized carbons (Fsp3) is 0.455. The van der Waals surface area contributed by atoms with E-state index in [0.29, 0.717) is 22.8 Å².